The van der Waals surface area contributed by atoms with Crippen molar-refractivity contribution in [3.05, 3.63) is 59.2 Å². The zero-order chi connectivity index (χ0) is 18.2. The SMILES string of the molecule is CC1(C)CC(NC(=O)Cc2ccc(F)c(F)c2)c2cc(N)ccc2O1.Cl. The fourth-order valence-corrected chi connectivity index (χ4v) is 3.08. The lowest BCUT2D eigenvalue weighted by Crippen LogP contribution is -2.41. The van der Waals surface area contributed by atoms with E-state index in [1.54, 1.807) is 18.2 Å². The van der Waals surface area contributed by atoms with E-state index in [-0.39, 0.29) is 30.8 Å². The molecule has 1 aliphatic heterocycles. The first-order valence-electron chi connectivity index (χ1n) is 8.05. The predicted molar refractivity (Wildman–Crippen MR) is 98.4 cm³/mol. The van der Waals surface area contributed by atoms with Gasteiger partial charge in [0, 0.05) is 17.7 Å². The smallest absolute Gasteiger partial charge is 0.224 e. The molecule has 2 aromatic rings. The van der Waals surface area contributed by atoms with E-state index in [1.165, 1.54) is 6.07 Å². The Morgan fingerprint density at radius 2 is 1.96 bits per heavy atom. The van der Waals surface area contributed by atoms with Crippen molar-refractivity contribution in [3.63, 3.8) is 0 Å². The third-order valence-corrected chi connectivity index (χ3v) is 4.18. The summed E-state index contributed by atoms with van der Waals surface area (Å²) < 4.78 is 32.2. The summed E-state index contributed by atoms with van der Waals surface area (Å²) in [5, 5.41) is 2.95. The van der Waals surface area contributed by atoms with E-state index in [2.05, 4.69) is 5.32 Å². The summed E-state index contributed by atoms with van der Waals surface area (Å²) >= 11 is 0. The maximum atomic E-state index is 13.3. The number of rotatable bonds is 3. The summed E-state index contributed by atoms with van der Waals surface area (Å²) in [5.41, 5.74) is 7.23. The molecule has 4 nitrogen and oxygen atoms in total. The average Bonchev–Trinajstić information content (AvgIpc) is 2.51. The lowest BCUT2D eigenvalue weighted by Gasteiger charge is -2.38. The topological polar surface area (TPSA) is 64.4 Å². The molecule has 7 heteroatoms. The number of nitrogen functional groups attached to an aromatic ring is 1. The van der Waals surface area contributed by atoms with Crippen molar-refractivity contribution in [3.8, 4) is 5.75 Å². The van der Waals surface area contributed by atoms with Crippen molar-refractivity contribution in [2.75, 3.05) is 5.73 Å². The van der Waals surface area contributed by atoms with Gasteiger partial charge in [0.1, 0.15) is 11.4 Å². The zero-order valence-electron chi connectivity index (χ0n) is 14.5. The van der Waals surface area contributed by atoms with Crippen LogP contribution in [0.5, 0.6) is 5.75 Å². The number of halogens is 3. The first-order chi connectivity index (χ1) is 11.7. The Kier molecular flexibility index (Phi) is 5.76. The van der Waals surface area contributed by atoms with Crippen LogP contribution in [0.2, 0.25) is 0 Å². The second-order valence-corrected chi connectivity index (χ2v) is 6.91. The number of nitrogens with one attached hydrogen (secondary N) is 1. The molecule has 1 heterocycles. The molecule has 0 fully saturated rings. The lowest BCUT2D eigenvalue weighted by atomic mass is 9.89. The number of ether oxygens (including phenoxy) is 1. The largest absolute Gasteiger partial charge is 0.487 e. The van der Waals surface area contributed by atoms with Crippen LogP contribution in [0.3, 0.4) is 0 Å². The van der Waals surface area contributed by atoms with Gasteiger partial charge in [-0.15, -0.1) is 12.4 Å². The van der Waals surface area contributed by atoms with Gasteiger partial charge in [-0.25, -0.2) is 8.78 Å². The fourth-order valence-electron chi connectivity index (χ4n) is 3.08. The molecule has 0 aliphatic carbocycles. The molecule has 1 amide bonds. The van der Waals surface area contributed by atoms with Crippen molar-refractivity contribution in [2.45, 2.75) is 38.3 Å². The number of anilines is 1. The van der Waals surface area contributed by atoms with Crippen molar-refractivity contribution in [1.82, 2.24) is 5.32 Å². The van der Waals surface area contributed by atoms with E-state index >= 15 is 0 Å². The van der Waals surface area contributed by atoms with Crippen LogP contribution in [-0.2, 0) is 11.2 Å². The maximum absolute atomic E-state index is 13.3. The zero-order valence-corrected chi connectivity index (χ0v) is 15.3. The van der Waals surface area contributed by atoms with Crippen LogP contribution in [0.15, 0.2) is 36.4 Å². The second-order valence-electron chi connectivity index (χ2n) is 6.91. The number of fused-ring (bicyclic) bond motifs is 1. The fraction of sp³-hybridized carbons (Fsp3) is 0.316. The highest BCUT2D eigenvalue weighted by molar-refractivity contribution is 5.85. The quantitative estimate of drug-likeness (QED) is 0.790. The first kappa shape index (κ1) is 20.0. The van der Waals surface area contributed by atoms with E-state index in [9.17, 15) is 13.6 Å². The van der Waals surface area contributed by atoms with Crippen LogP contribution >= 0.6 is 12.4 Å². The van der Waals surface area contributed by atoms with Gasteiger partial charge in [-0.05, 0) is 49.7 Å². The summed E-state index contributed by atoms with van der Waals surface area (Å²) in [5.74, 6) is -1.49. The third kappa shape index (κ3) is 4.43. The molecule has 0 radical (unpaired) electrons. The van der Waals surface area contributed by atoms with Crippen molar-refractivity contribution in [1.29, 1.82) is 0 Å². The molecule has 3 rings (SSSR count). The molecule has 140 valence electrons. The number of hydrogen-bond donors (Lipinski definition) is 2. The molecular weight excluding hydrogens is 362 g/mol. The minimum atomic E-state index is -0.962. The number of amides is 1. The molecule has 0 aromatic heterocycles. The molecule has 0 saturated heterocycles. The summed E-state index contributed by atoms with van der Waals surface area (Å²) in [6.07, 6.45) is 0.541. The molecule has 0 spiro atoms. The van der Waals surface area contributed by atoms with Crippen LogP contribution in [0.1, 0.15) is 37.4 Å². The Morgan fingerprint density at radius 3 is 2.65 bits per heavy atom. The molecule has 1 unspecified atom stereocenters. The van der Waals surface area contributed by atoms with Gasteiger partial charge in [0.15, 0.2) is 11.6 Å². The Labute approximate surface area is 157 Å². The number of benzene rings is 2. The van der Waals surface area contributed by atoms with Crippen molar-refractivity contribution in [2.24, 2.45) is 0 Å². The Balaban J connectivity index is 0.00000243. The van der Waals surface area contributed by atoms with Crippen LogP contribution in [0.4, 0.5) is 14.5 Å². The van der Waals surface area contributed by atoms with Gasteiger partial charge >= 0.3 is 0 Å². The summed E-state index contributed by atoms with van der Waals surface area (Å²) in [6, 6.07) is 8.52. The molecule has 3 N–H and O–H groups in total. The van der Waals surface area contributed by atoms with Gasteiger partial charge in [0.05, 0.1) is 12.5 Å². The first-order valence-corrected chi connectivity index (χ1v) is 8.05. The predicted octanol–water partition coefficient (Wildman–Crippen LogP) is 3.93. The van der Waals surface area contributed by atoms with Crippen LogP contribution in [-0.4, -0.2) is 11.5 Å². The molecule has 0 saturated carbocycles. The van der Waals surface area contributed by atoms with Crippen LogP contribution < -0.4 is 15.8 Å². The van der Waals surface area contributed by atoms with Gasteiger partial charge in [0.2, 0.25) is 5.91 Å². The molecule has 26 heavy (non-hydrogen) atoms. The monoisotopic (exact) mass is 382 g/mol. The summed E-state index contributed by atoms with van der Waals surface area (Å²) in [6.45, 7) is 3.89. The number of carbonyl (C=O) groups excluding carboxylic acids is 1. The van der Waals surface area contributed by atoms with E-state index in [4.69, 9.17) is 10.5 Å². The van der Waals surface area contributed by atoms with Gasteiger partial charge in [-0.2, -0.15) is 0 Å². The molecule has 1 aliphatic rings. The third-order valence-electron chi connectivity index (χ3n) is 4.18. The average molecular weight is 383 g/mol. The molecule has 2 aromatic carbocycles. The highest BCUT2D eigenvalue weighted by atomic mass is 35.5. The number of nitrogens with two attached hydrogens (primary N) is 1. The minimum Gasteiger partial charge on any atom is -0.487 e. The normalized spacial score (nSPS) is 17.5. The Bertz CT molecular complexity index is 827. The number of carbonyl (C=O) groups is 1. The van der Waals surface area contributed by atoms with Crippen molar-refractivity contribution < 1.29 is 18.3 Å². The molecule has 0 bridgehead atoms. The molecular formula is C19H21ClF2N2O2. The summed E-state index contributed by atoms with van der Waals surface area (Å²) in [7, 11) is 0. The minimum absolute atomic E-state index is 0. The van der Waals surface area contributed by atoms with Gasteiger partial charge in [0.25, 0.3) is 0 Å². The molecule has 1 atom stereocenters. The maximum Gasteiger partial charge on any atom is 0.224 e. The lowest BCUT2D eigenvalue weighted by molar-refractivity contribution is -0.121. The summed E-state index contributed by atoms with van der Waals surface area (Å²) in [4.78, 5) is 12.4. The Morgan fingerprint density at radius 1 is 1.23 bits per heavy atom. The van der Waals surface area contributed by atoms with E-state index in [0.717, 1.165) is 17.7 Å². The second kappa shape index (κ2) is 7.50. The van der Waals surface area contributed by atoms with Crippen LogP contribution in [0, 0.1) is 11.6 Å². The van der Waals surface area contributed by atoms with Crippen molar-refractivity contribution >= 4 is 24.0 Å². The van der Waals surface area contributed by atoms with E-state index < -0.39 is 17.2 Å². The van der Waals surface area contributed by atoms with Gasteiger partial charge in [-0.3, -0.25) is 4.79 Å². The van der Waals surface area contributed by atoms with E-state index in [0.29, 0.717) is 23.4 Å². The van der Waals surface area contributed by atoms with Crippen LogP contribution in [0.25, 0.3) is 0 Å². The van der Waals surface area contributed by atoms with Gasteiger partial charge < -0.3 is 15.8 Å². The number of hydrogen-bond acceptors (Lipinski definition) is 3. The Hall–Kier alpha value is -2.34. The highest BCUT2D eigenvalue weighted by Gasteiger charge is 2.34. The highest BCUT2D eigenvalue weighted by Crippen LogP contribution is 2.40. The van der Waals surface area contributed by atoms with Gasteiger partial charge in [-0.1, -0.05) is 6.07 Å². The standard InChI is InChI=1S/C19H20F2N2O2.ClH/c1-19(2)10-16(13-9-12(22)4-6-17(13)25-19)23-18(24)8-11-3-5-14(20)15(21)7-11;/h3-7,9,16H,8,10,22H2,1-2H3,(H,23,24);1H. The van der Waals surface area contributed by atoms with E-state index in [1.807, 2.05) is 13.8 Å².